The number of aromatic nitrogens is 2. The fraction of sp³-hybridized carbons (Fsp3) is 0.240. The molecule has 1 heterocycles. The number of nitriles is 1. The van der Waals surface area contributed by atoms with Gasteiger partial charge in [-0.1, -0.05) is 67.8 Å². The number of nitrogens with one attached hydrogen (secondary N) is 1. The third kappa shape index (κ3) is 4.49. The van der Waals surface area contributed by atoms with Gasteiger partial charge in [0.15, 0.2) is 0 Å². The molecule has 0 aliphatic heterocycles. The van der Waals surface area contributed by atoms with Gasteiger partial charge in [-0.15, -0.1) is 0 Å². The van der Waals surface area contributed by atoms with Crippen molar-refractivity contribution in [1.82, 2.24) is 15.1 Å². The van der Waals surface area contributed by atoms with E-state index in [0.717, 1.165) is 48.2 Å². The molecule has 0 unspecified atom stereocenters. The average Bonchev–Trinajstić information content (AvgIpc) is 3.23. The Balaban J connectivity index is 1.69. The summed E-state index contributed by atoms with van der Waals surface area (Å²) >= 11 is 0. The second kappa shape index (κ2) is 9.23. The zero-order valence-electron chi connectivity index (χ0n) is 16.8. The predicted octanol–water partition coefficient (Wildman–Crippen LogP) is 4.90. The maximum atomic E-state index is 12.7. The Labute approximate surface area is 176 Å². The number of hydrogen-bond donors (Lipinski definition) is 1. The fourth-order valence-electron chi connectivity index (χ4n) is 3.84. The van der Waals surface area contributed by atoms with Crippen LogP contribution in [0.2, 0.25) is 0 Å². The maximum Gasteiger partial charge on any atom is 0.262 e. The van der Waals surface area contributed by atoms with E-state index in [1.165, 1.54) is 6.42 Å². The van der Waals surface area contributed by atoms with Crippen molar-refractivity contribution in [2.24, 2.45) is 0 Å². The van der Waals surface area contributed by atoms with Gasteiger partial charge in [0.1, 0.15) is 11.6 Å². The molecule has 1 N–H and O–H groups in total. The van der Waals surface area contributed by atoms with Crippen LogP contribution in [0.25, 0.3) is 23.0 Å². The molecule has 0 bridgehead atoms. The molecule has 30 heavy (non-hydrogen) atoms. The molecule has 1 saturated carbocycles. The van der Waals surface area contributed by atoms with Crippen molar-refractivity contribution >= 4 is 12.0 Å². The van der Waals surface area contributed by atoms with Crippen LogP contribution < -0.4 is 5.32 Å². The fourth-order valence-corrected chi connectivity index (χ4v) is 3.84. The molecule has 0 saturated heterocycles. The summed E-state index contributed by atoms with van der Waals surface area (Å²) in [7, 11) is 0. The Hall–Kier alpha value is -3.65. The van der Waals surface area contributed by atoms with Gasteiger partial charge in [-0.2, -0.15) is 10.4 Å². The van der Waals surface area contributed by atoms with Crippen LogP contribution in [-0.2, 0) is 4.79 Å². The molecule has 0 radical (unpaired) electrons. The van der Waals surface area contributed by atoms with Crippen molar-refractivity contribution in [2.75, 3.05) is 0 Å². The highest BCUT2D eigenvalue weighted by molar-refractivity contribution is 6.02. The van der Waals surface area contributed by atoms with Crippen molar-refractivity contribution < 1.29 is 4.79 Å². The first-order valence-corrected chi connectivity index (χ1v) is 10.4. The van der Waals surface area contributed by atoms with Crippen LogP contribution in [0.15, 0.2) is 72.4 Å². The van der Waals surface area contributed by atoms with Crippen LogP contribution in [0, 0.1) is 11.3 Å². The van der Waals surface area contributed by atoms with E-state index in [-0.39, 0.29) is 17.5 Å². The van der Waals surface area contributed by atoms with Gasteiger partial charge in [0.2, 0.25) is 0 Å². The average molecular weight is 396 g/mol. The molecule has 1 aromatic heterocycles. The lowest BCUT2D eigenvalue weighted by molar-refractivity contribution is -0.117. The molecule has 1 aliphatic carbocycles. The smallest absolute Gasteiger partial charge is 0.262 e. The van der Waals surface area contributed by atoms with Gasteiger partial charge in [0.25, 0.3) is 5.91 Å². The van der Waals surface area contributed by atoms with Crippen LogP contribution in [-0.4, -0.2) is 21.7 Å². The van der Waals surface area contributed by atoms with Crippen molar-refractivity contribution in [3.8, 4) is 23.0 Å². The minimum Gasteiger partial charge on any atom is -0.349 e. The molecule has 4 rings (SSSR count). The lowest BCUT2D eigenvalue weighted by Gasteiger charge is -2.22. The third-order valence-electron chi connectivity index (χ3n) is 5.42. The van der Waals surface area contributed by atoms with E-state index in [2.05, 4.69) is 11.4 Å². The van der Waals surface area contributed by atoms with E-state index in [9.17, 15) is 10.1 Å². The summed E-state index contributed by atoms with van der Waals surface area (Å²) in [6, 6.07) is 21.8. The quantitative estimate of drug-likeness (QED) is 0.493. The zero-order chi connectivity index (χ0) is 20.8. The van der Waals surface area contributed by atoms with Crippen LogP contribution >= 0.6 is 0 Å². The molecular formula is C25H24N4O. The summed E-state index contributed by atoms with van der Waals surface area (Å²) in [6.45, 7) is 0. The number of para-hydroxylation sites is 1. The third-order valence-corrected chi connectivity index (χ3v) is 5.42. The molecule has 150 valence electrons. The predicted molar refractivity (Wildman–Crippen MR) is 118 cm³/mol. The maximum absolute atomic E-state index is 12.7. The number of carbonyl (C=O) groups is 1. The standard InChI is InChI=1S/C25H24N4O/c26-17-20(25(30)27-22-12-6-2-7-13-22)16-21-18-29(23-14-8-3-9-15-23)28-24(21)19-10-4-1-5-11-19/h1,3-5,8-11,14-16,18,22H,2,6-7,12-13H2,(H,27,30). The Morgan fingerprint density at radius 2 is 1.70 bits per heavy atom. The summed E-state index contributed by atoms with van der Waals surface area (Å²) in [4.78, 5) is 12.7. The second-order valence-corrected chi connectivity index (χ2v) is 7.56. The SMILES string of the molecule is N#CC(=Cc1cn(-c2ccccc2)nc1-c1ccccc1)C(=O)NC1CCCCC1. The van der Waals surface area contributed by atoms with Crippen molar-refractivity contribution in [1.29, 1.82) is 5.26 Å². The van der Waals surface area contributed by atoms with Crippen LogP contribution in [0.1, 0.15) is 37.7 Å². The monoisotopic (exact) mass is 396 g/mol. The molecule has 1 fully saturated rings. The van der Waals surface area contributed by atoms with E-state index in [0.29, 0.717) is 0 Å². The van der Waals surface area contributed by atoms with Gasteiger partial charge >= 0.3 is 0 Å². The van der Waals surface area contributed by atoms with Crippen LogP contribution in [0.5, 0.6) is 0 Å². The highest BCUT2D eigenvalue weighted by Crippen LogP contribution is 2.26. The number of benzene rings is 2. The number of rotatable bonds is 5. The van der Waals surface area contributed by atoms with E-state index in [4.69, 9.17) is 5.10 Å². The Morgan fingerprint density at radius 3 is 2.37 bits per heavy atom. The highest BCUT2D eigenvalue weighted by atomic mass is 16.1. The van der Waals surface area contributed by atoms with E-state index >= 15 is 0 Å². The molecule has 5 nitrogen and oxygen atoms in total. The Morgan fingerprint density at radius 1 is 1.03 bits per heavy atom. The molecule has 1 amide bonds. The summed E-state index contributed by atoms with van der Waals surface area (Å²) < 4.78 is 1.78. The van der Waals surface area contributed by atoms with E-state index < -0.39 is 0 Å². The zero-order valence-corrected chi connectivity index (χ0v) is 16.8. The molecule has 0 atom stereocenters. The summed E-state index contributed by atoms with van der Waals surface area (Å²) in [5, 5.41) is 17.4. The van der Waals surface area contributed by atoms with Gasteiger partial charge in [-0.05, 0) is 31.1 Å². The molecule has 1 aliphatic rings. The molecule has 3 aromatic rings. The highest BCUT2D eigenvalue weighted by Gasteiger charge is 2.19. The lowest BCUT2D eigenvalue weighted by atomic mass is 9.95. The first-order chi connectivity index (χ1) is 14.7. The Kier molecular flexibility index (Phi) is 6.05. The largest absolute Gasteiger partial charge is 0.349 e. The first-order valence-electron chi connectivity index (χ1n) is 10.4. The number of hydrogen-bond acceptors (Lipinski definition) is 3. The number of amides is 1. The molecular weight excluding hydrogens is 372 g/mol. The van der Waals surface area contributed by atoms with Crippen molar-refractivity contribution in [2.45, 2.75) is 38.1 Å². The van der Waals surface area contributed by atoms with E-state index in [1.54, 1.807) is 10.8 Å². The van der Waals surface area contributed by atoms with Gasteiger partial charge in [-0.25, -0.2) is 4.68 Å². The summed E-state index contributed by atoms with van der Waals surface area (Å²) in [5.74, 6) is -0.309. The summed E-state index contributed by atoms with van der Waals surface area (Å²) in [5.41, 5.74) is 3.42. The molecule has 0 spiro atoms. The number of carbonyl (C=O) groups excluding carboxylic acids is 1. The minimum absolute atomic E-state index is 0.102. The van der Waals surface area contributed by atoms with Crippen LogP contribution in [0.3, 0.4) is 0 Å². The summed E-state index contributed by atoms with van der Waals surface area (Å²) in [6.07, 6.45) is 8.93. The van der Waals surface area contributed by atoms with Gasteiger partial charge in [0.05, 0.1) is 11.4 Å². The van der Waals surface area contributed by atoms with Crippen LogP contribution in [0.4, 0.5) is 0 Å². The minimum atomic E-state index is -0.309. The Bertz CT molecular complexity index is 1070. The van der Waals surface area contributed by atoms with Crippen molar-refractivity contribution in [3.63, 3.8) is 0 Å². The van der Waals surface area contributed by atoms with Gasteiger partial charge in [-0.3, -0.25) is 4.79 Å². The van der Waals surface area contributed by atoms with E-state index in [1.807, 2.05) is 66.9 Å². The first kappa shape index (κ1) is 19.7. The second-order valence-electron chi connectivity index (χ2n) is 7.56. The topological polar surface area (TPSA) is 70.7 Å². The number of nitrogens with zero attached hydrogens (tertiary/aromatic N) is 3. The molecule has 2 aromatic carbocycles. The lowest BCUT2D eigenvalue weighted by Crippen LogP contribution is -2.36. The van der Waals surface area contributed by atoms with Crippen molar-refractivity contribution in [3.05, 3.63) is 78.0 Å². The molecule has 5 heteroatoms. The normalized spacial score (nSPS) is 14.8. The van der Waals surface area contributed by atoms with Gasteiger partial charge in [0, 0.05) is 23.4 Å². The van der Waals surface area contributed by atoms with Gasteiger partial charge < -0.3 is 5.32 Å².